The smallest absolute Gasteiger partial charge is 0.192 e. The van der Waals surface area contributed by atoms with Crippen LogP contribution in [0, 0.1) is 28.6 Å². The first-order valence-corrected chi connectivity index (χ1v) is 16.0. The van der Waals surface area contributed by atoms with Crippen molar-refractivity contribution in [1.82, 2.24) is 0 Å². The summed E-state index contributed by atoms with van der Waals surface area (Å²) in [5, 5.41) is 0.247. The molecule has 3 aliphatic carbocycles. The second-order valence-corrected chi connectivity index (χ2v) is 18.1. The molecule has 5 heteroatoms. The van der Waals surface area contributed by atoms with Gasteiger partial charge in [-0.15, -0.1) is 0 Å². The van der Waals surface area contributed by atoms with Crippen LogP contribution in [-0.2, 0) is 13.9 Å². The third kappa shape index (κ3) is 3.69. The van der Waals surface area contributed by atoms with Crippen LogP contribution in [0.3, 0.4) is 0 Å². The molecule has 4 fully saturated rings. The number of hydrogen-bond donors (Lipinski definition) is 1. The fourth-order valence-corrected chi connectivity index (χ4v) is 9.02. The number of fused-ring (bicyclic) bond motifs is 2. The zero-order valence-electron chi connectivity index (χ0n) is 21.9. The Morgan fingerprint density at radius 2 is 1.66 bits per heavy atom. The second-order valence-electron chi connectivity index (χ2n) is 13.3. The Kier molecular flexibility index (Phi) is 6.37. The lowest BCUT2D eigenvalue weighted by molar-refractivity contribution is -0.230. The summed E-state index contributed by atoms with van der Waals surface area (Å²) in [7, 11) is -1.77. The van der Waals surface area contributed by atoms with Crippen molar-refractivity contribution in [3.63, 3.8) is 0 Å². The molecule has 0 bridgehead atoms. The van der Waals surface area contributed by atoms with Crippen molar-refractivity contribution in [3.8, 4) is 0 Å². The van der Waals surface area contributed by atoms with Crippen LogP contribution in [0.5, 0.6) is 0 Å². The molecule has 0 aromatic rings. The molecule has 3 saturated carbocycles. The van der Waals surface area contributed by atoms with Gasteiger partial charge >= 0.3 is 0 Å². The molecule has 0 radical (unpaired) electrons. The van der Waals surface area contributed by atoms with Crippen molar-refractivity contribution in [1.29, 1.82) is 0 Å². The molecule has 32 heavy (non-hydrogen) atoms. The SMILES string of the molecule is C=C1C2CCC3(OCCO3)[C@@]2(C)CCC1[C@@]1(C)CCC(O[Si](C)(C)C(C)(C)C)C[C@@H]1CN. The predicted molar refractivity (Wildman–Crippen MR) is 134 cm³/mol. The minimum absolute atomic E-state index is 0.0638. The van der Waals surface area contributed by atoms with E-state index in [2.05, 4.69) is 47.7 Å². The van der Waals surface area contributed by atoms with Crippen LogP contribution < -0.4 is 5.73 Å². The van der Waals surface area contributed by atoms with E-state index in [9.17, 15) is 0 Å². The van der Waals surface area contributed by atoms with Crippen molar-refractivity contribution in [2.45, 2.75) is 110 Å². The van der Waals surface area contributed by atoms with Gasteiger partial charge in [0.05, 0.1) is 13.2 Å². The van der Waals surface area contributed by atoms with Crippen LogP contribution in [0.2, 0.25) is 18.1 Å². The van der Waals surface area contributed by atoms with Gasteiger partial charge in [-0.05, 0) is 86.4 Å². The summed E-state index contributed by atoms with van der Waals surface area (Å²) in [5.74, 6) is 1.16. The van der Waals surface area contributed by atoms with Crippen LogP contribution in [-0.4, -0.2) is 40.0 Å². The minimum Gasteiger partial charge on any atom is -0.414 e. The summed E-state index contributed by atoms with van der Waals surface area (Å²) in [4.78, 5) is 0. The topological polar surface area (TPSA) is 53.7 Å². The highest BCUT2D eigenvalue weighted by Crippen LogP contribution is 2.66. The van der Waals surface area contributed by atoms with Crippen molar-refractivity contribution >= 4 is 8.32 Å². The molecule has 4 rings (SSSR count). The quantitative estimate of drug-likeness (QED) is 0.394. The van der Waals surface area contributed by atoms with Crippen molar-refractivity contribution < 1.29 is 13.9 Å². The van der Waals surface area contributed by atoms with Crippen LogP contribution in [0.4, 0.5) is 0 Å². The van der Waals surface area contributed by atoms with Crippen LogP contribution in [0.15, 0.2) is 12.2 Å². The third-order valence-electron chi connectivity index (χ3n) is 10.8. The molecule has 2 N–H and O–H groups in total. The molecule has 0 amide bonds. The summed E-state index contributed by atoms with van der Waals surface area (Å²) in [5.41, 5.74) is 8.19. The van der Waals surface area contributed by atoms with E-state index in [4.69, 9.17) is 26.2 Å². The van der Waals surface area contributed by atoms with E-state index in [1.54, 1.807) is 0 Å². The monoisotopic (exact) mass is 463 g/mol. The summed E-state index contributed by atoms with van der Waals surface area (Å²) >= 11 is 0. The summed E-state index contributed by atoms with van der Waals surface area (Å²) in [6, 6.07) is 0. The Hall–Kier alpha value is -0.203. The van der Waals surface area contributed by atoms with E-state index >= 15 is 0 Å². The first kappa shape index (κ1) is 24.9. The summed E-state index contributed by atoms with van der Waals surface area (Å²) in [6.07, 6.45) is 8.31. The van der Waals surface area contributed by atoms with Crippen LogP contribution in [0.1, 0.15) is 79.6 Å². The summed E-state index contributed by atoms with van der Waals surface area (Å²) in [6.45, 7) is 23.7. The van der Waals surface area contributed by atoms with E-state index in [0.717, 1.165) is 51.9 Å². The number of allylic oxidation sites excluding steroid dienone is 1. The third-order valence-corrected chi connectivity index (χ3v) is 15.4. The first-order chi connectivity index (χ1) is 14.8. The molecule has 1 saturated heterocycles. The standard InChI is InChI=1S/C27H49NO3Si/c1-19-22(10-13-26(6)23(19)11-14-27(26)29-15-16-30-27)25(5)12-9-21(17-20(25)18-28)31-32(7,8)24(2,3)4/h20-23H,1,9-18,28H2,2-8H3/t20-,21?,22?,23?,25+,26+/m1/s1. The van der Waals surface area contributed by atoms with Gasteiger partial charge in [-0.1, -0.05) is 46.8 Å². The lowest BCUT2D eigenvalue weighted by Gasteiger charge is -2.56. The Labute approximate surface area is 198 Å². The van der Waals surface area contributed by atoms with Crippen LogP contribution >= 0.6 is 0 Å². The van der Waals surface area contributed by atoms with E-state index < -0.39 is 8.32 Å². The molecule has 3 unspecified atom stereocenters. The second kappa shape index (κ2) is 8.19. The van der Waals surface area contributed by atoms with Gasteiger partial charge in [-0.2, -0.15) is 0 Å². The van der Waals surface area contributed by atoms with Crippen molar-refractivity contribution in [2.75, 3.05) is 19.8 Å². The zero-order chi connectivity index (χ0) is 23.6. The number of hydrogen-bond acceptors (Lipinski definition) is 4. The molecule has 1 aliphatic heterocycles. The van der Waals surface area contributed by atoms with Gasteiger partial charge in [-0.25, -0.2) is 0 Å². The normalized spacial score (nSPS) is 42.4. The molecule has 4 nitrogen and oxygen atoms in total. The molecule has 0 aromatic carbocycles. The maximum atomic E-state index is 6.86. The highest BCUT2D eigenvalue weighted by atomic mass is 28.4. The van der Waals surface area contributed by atoms with Gasteiger partial charge in [0.1, 0.15) is 0 Å². The van der Waals surface area contributed by atoms with E-state index in [-0.39, 0.29) is 21.7 Å². The van der Waals surface area contributed by atoms with Crippen molar-refractivity contribution in [3.05, 3.63) is 12.2 Å². The molecular weight excluding hydrogens is 414 g/mol. The summed E-state index contributed by atoms with van der Waals surface area (Å²) < 4.78 is 19.4. The first-order valence-electron chi connectivity index (χ1n) is 13.1. The average molecular weight is 464 g/mol. The lowest BCUT2D eigenvalue weighted by Crippen LogP contribution is -2.54. The Morgan fingerprint density at radius 3 is 2.25 bits per heavy atom. The Morgan fingerprint density at radius 1 is 1.03 bits per heavy atom. The highest BCUT2D eigenvalue weighted by molar-refractivity contribution is 6.74. The molecule has 6 atom stereocenters. The molecule has 1 spiro atoms. The molecule has 4 aliphatic rings. The number of ether oxygens (including phenoxy) is 2. The van der Waals surface area contributed by atoms with Crippen molar-refractivity contribution in [2.24, 2.45) is 34.3 Å². The predicted octanol–water partition coefficient (Wildman–Crippen LogP) is 6.27. The Bertz CT molecular complexity index is 725. The van der Waals surface area contributed by atoms with Crippen LogP contribution in [0.25, 0.3) is 0 Å². The fourth-order valence-electron chi connectivity index (χ4n) is 7.62. The Balaban J connectivity index is 1.50. The molecule has 0 aromatic heterocycles. The van der Waals surface area contributed by atoms with E-state index in [1.807, 2.05) is 0 Å². The average Bonchev–Trinajstić information content (AvgIpc) is 3.29. The number of rotatable bonds is 4. The van der Waals surface area contributed by atoms with Gasteiger partial charge in [0.25, 0.3) is 0 Å². The van der Waals surface area contributed by atoms with Gasteiger partial charge in [0, 0.05) is 17.9 Å². The largest absolute Gasteiger partial charge is 0.414 e. The van der Waals surface area contributed by atoms with Gasteiger partial charge < -0.3 is 19.6 Å². The lowest BCUT2D eigenvalue weighted by atomic mass is 9.51. The maximum Gasteiger partial charge on any atom is 0.192 e. The van der Waals surface area contributed by atoms with Gasteiger partial charge in [0.15, 0.2) is 14.1 Å². The van der Waals surface area contributed by atoms with Gasteiger partial charge in [-0.3, -0.25) is 0 Å². The zero-order valence-corrected chi connectivity index (χ0v) is 22.9. The molecule has 1 heterocycles. The number of nitrogens with two attached hydrogens (primary N) is 1. The minimum atomic E-state index is -1.77. The van der Waals surface area contributed by atoms with E-state index in [0.29, 0.717) is 23.9 Å². The van der Waals surface area contributed by atoms with Gasteiger partial charge in [0.2, 0.25) is 0 Å². The highest BCUT2D eigenvalue weighted by Gasteiger charge is 2.65. The molecule has 184 valence electrons. The fraction of sp³-hybridized carbons (Fsp3) is 0.926. The molecular formula is C27H49NO3Si. The van der Waals surface area contributed by atoms with E-state index in [1.165, 1.54) is 18.4 Å². The maximum absolute atomic E-state index is 6.86.